The van der Waals surface area contributed by atoms with Crippen LogP contribution in [0.25, 0.3) is 0 Å². The van der Waals surface area contributed by atoms with E-state index in [0.29, 0.717) is 6.42 Å². The lowest BCUT2D eigenvalue weighted by Crippen LogP contribution is -2.44. The first-order valence-corrected chi connectivity index (χ1v) is 9.86. The molecule has 5 atom stereocenters. The van der Waals surface area contributed by atoms with Gasteiger partial charge in [0.2, 0.25) is 0 Å². The molecule has 0 aromatic carbocycles. The molecule has 26 heavy (non-hydrogen) atoms. The third kappa shape index (κ3) is 8.01. The number of ether oxygens (including phenoxy) is 4. The van der Waals surface area contributed by atoms with Gasteiger partial charge in [-0.05, 0) is 68.6 Å². The van der Waals surface area contributed by atoms with E-state index in [4.69, 9.17) is 18.9 Å². The number of hydrogen-bond donors (Lipinski definition) is 0. The molecule has 1 rings (SSSR count). The minimum absolute atomic E-state index is 0.0459. The van der Waals surface area contributed by atoms with Gasteiger partial charge in [0, 0.05) is 6.42 Å². The van der Waals surface area contributed by atoms with Crippen LogP contribution >= 0.6 is 0 Å². The summed E-state index contributed by atoms with van der Waals surface area (Å²) >= 11 is 0. The second-order valence-corrected chi connectivity index (χ2v) is 8.07. The average molecular weight is 374 g/mol. The molecule has 0 N–H and O–H groups in total. The zero-order valence-corrected chi connectivity index (χ0v) is 17.9. The summed E-state index contributed by atoms with van der Waals surface area (Å²) in [6, 6.07) is 0. The molecule has 6 nitrogen and oxygen atoms in total. The third-order valence-corrected chi connectivity index (χ3v) is 4.36. The second kappa shape index (κ2) is 11.3. The zero-order valence-electron chi connectivity index (χ0n) is 17.9. The van der Waals surface area contributed by atoms with Crippen LogP contribution in [-0.2, 0) is 23.7 Å². The van der Waals surface area contributed by atoms with Crippen LogP contribution in [0.3, 0.4) is 0 Å². The Labute approximate surface area is 159 Å². The van der Waals surface area contributed by atoms with E-state index >= 15 is 0 Å². The van der Waals surface area contributed by atoms with Gasteiger partial charge in [0.25, 0.3) is 0 Å². The maximum atomic E-state index is 12.1. The van der Waals surface area contributed by atoms with E-state index in [-0.39, 0.29) is 55.1 Å². The molecule has 6 heteroatoms. The third-order valence-electron chi connectivity index (χ3n) is 4.36. The number of Topliss-reactive ketones (excluding diaryl/α,β-unsaturated/α-hetero) is 1. The predicted molar refractivity (Wildman–Crippen MR) is 103 cm³/mol. The molecule has 0 spiro atoms. The first-order valence-electron chi connectivity index (χ1n) is 9.86. The van der Waals surface area contributed by atoms with Crippen molar-refractivity contribution in [1.29, 1.82) is 0 Å². The standard InChI is InChI=1S/C20H39NO5/c1-13(2)24-16(6)19-20(25-14(3)4)18(15(5)26-19)23-12-17(22)10-9-11-21(7)8/h13-16,18-20H,9-12H2,1-8H3/t15-,16-,18-,19+,20-/m0/s1. The van der Waals surface area contributed by atoms with E-state index in [0.717, 1.165) is 13.0 Å². The summed E-state index contributed by atoms with van der Waals surface area (Å²) in [6.07, 6.45) is 0.579. The summed E-state index contributed by atoms with van der Waals surface area (Å²) in [5, 5.41) is 0. The lowest BCUT2D eigenvalue weighted by Gasteiger charge is -2.29. The minimum atomic E-state index is -0.265. The van der Waals surface area contributed by atoms with Crippen LogP contribution in [0, 0.1) is 0 Å². The molecule has 1 aliphatic rings. The molecule has 0 radical (unpaired) electrons. The van der Waals surface area contributed by atoms with Crippen molar-refractivity contribution in [2.24, 2.45) is 0 Å². The molecule has 1 aliphatic heterocycles. The highest BCUT2D eigenvalue weighted by atomic mass is 16.6. The fourth-order valence-electron chi connectivity index (χ4n) is 3.29. The highest BCUT2D eigenvalue weighted by Crippen LogP contribution is 2.31. The topological polar surface area (TPSA) is 57.2 Å². The summed E-state index contributed by atoms with van der Waals surface area (Å²) in [5.41, 5.74) is 0. The molecule has 0 unspecified atom stereocenters. The molecular formula is C20H39NO5. The van der Waals surface area contributed by atoms with E-state index in [1.165, 1.54) is 0 Å². The van der Waals surface area contributed by atoms with Crippen molar-refractivity contribution in [3.63, 3.8) is 0 Å². The first-order chi connectivity index (χ1) is 12.1. The summed E-state index contributed by atoms with van der Waals surface area (Å²) in [6.45, 7) is 13.0. The summed E-state index contributed by atoms with van der Waals surface area (Å²) < 4.78 is 24.1. The lowest BCUT2D eigenvalue weighted by atomic mass is 10.0. The molecule has 0 aromatic heterocycles. The Morgan fingerprint density at radius 1 is 1.08 bits per heavy atom. The molecule has 1 saturated heterocycles. The van der Waals surface area contributed by atoms with Crippen LogP contribution in [-0.4, -0.2) is 80.7 Å². The Hall–Kier alpha value is -0.530. The van der Waals surface area contributed by atoms with Crippen molar-refractivity contribution in [1.82, 2.24) is 4.90 Å². The number of carbonyl (C=O) groups excluding carboxylic acids is 1. The van der Waals surface area contributed by atoms with Gasteiger partial charge in [-0.15, -0.1) is 0 Å². The largest absolute Gasteiger partial charge is 0.373 e. The molecule has 0 aromatic rings. The number of ketones is 1. The van der Waals surface area contributed by atoms with Crippen molar-refractivity contribution in [2.45, 2.75) is 97.1 Å². The molecular weight excluding hydrogens is 334 g/mol. The number of carbonyl (C=O) groups is 1. The fourth-order valence-corrected chi connectivity index (χ4v) is 3.29. The van der Waals surface area contributed by atoms with Gasteiger partial charge in [0.05, 0.1) is 24.4 Å². The van der Waals surface area contributed by atoms with Crippen molar-refractivity contribution >= 4 is 5.78 Å². The average Bonchev–Trinajstić information content (AvgIpc) is 2.79. The van der Waals surface area contributed by atoms with Gasteiger partial charge < -0.3 is 23.8 Å². The van der Waals surface area contributed by atoms with E-state index in [9.17, 15) is 4.79 Å². The number of nitrogens with zero attached hydrogens (tertiary/aromatic N) is 1. The molecule has 0 bridgehead atoms. The monoisotopic (exact) mass is 373 g/mol. The second-order valence-electron chi connectivity index (χ2n) is 8.07. The van der Waals surface area contributed by atoms with Gasteiger partial charge in [-0.2, -0.15) is 0 Å². The van der Waals surface area contributed by atoms with Crippen LogP contribution in [0.4, 0.5) is 0 Å². The van der Waals surface area contributed by atoms with E-state index in [1.807, 2.05) is 55.6 Å². The predicted octanol–water partition coefficient (Wildman–Crippen LogP) is 2.68. The van der Waals surface area contributed by atoms with Crippen LogP contribution in [0.5, 0.6) is 0 Å². The maximum Gasteiger partial charge on any atom is 0.158 e. The van der Waals surface area contributed by atoms with Gasteiger partial charge in [0.1, 0.15) is 24.9 Å². The summed E-state index contributed by atoms with van der Waals surface area (Å²) in [7, 11) is 4.01. The van der Waals surface area contributed by atoms with Gasteiger partial charge in [-0.25, -0.2) is 0 Å². The van der Waals surface area contributed by atoms with Crippen molar-refractivity contribution in [3.05, 3.63) is 0 Å². The van der Waals surface area contributed by atoms with E-state index in [2.05, 4.69) is 4.90 Å². The van der Waals surface area contributed by atoms with Crippen LogP contribution in [0.1, 0.15) is 54.4 Å². The molecule has 0 aliphatic carbocycles. The minimum Gasteiger partial charge on any atom is -0.373 e. The van der Waals surface area contributed by atoms with Gasteiger partial charge in [-0.1, -0.05) is 0 Å². The number of hydrogen-bond acceptors (Lipinski definition) is 6. The highest BCUT2D eigenvalue weighted by molar-refractivity contribution is 5.79. The van der Waals surface area contributed by atoms with Crippen LogP contribution in [0.15, 0.2) is 0 Å². The Morgan fingerprint density at radius 3 is 2.27 bits per heavy atom. The summed E-state index contributed by atoms with van der Waals surface area (Å²) in [4.78, 5) is 14.2. The number of rotatable bonds is 12. The smallest absolute Gasteiger partial charge is 0.158 e. The first kappa shape index (κ1) is 23.5. The van der Waals surface area contributed by atoms with Gasteiger partial charge >= 0.3 is 0 Å². The lowest BCUT2D eigenvalue weighted by molar-refractivity contribution is -0.137. The van der Waals surface area contributed by atoms with E-state index in [1.54, 1.807) is 0 Å². The van der Waals surface area contributed by atoms with Crippen molar-refractivity contribution in [3.8, 4) is 0 Å². The molecule has 154 valence electrons. The van der Waals surface area contributed by atoms with Crippen molar-refractivity contribution < 1.29 is 23.7 Å². The zero-order chi connectivity index (χ0) is 19.9. The molecule has 0 amide bonds. The SMILES string of the molecule is CC(C)O[C@H]1[C@@H](OCC(=O)CCCN(C)C)[C@H](C)O[C@@H]1[C@H](C)OC(C)C. The van der Waals surface area contributed by atoms with Crippen molar-refractivity contribution in [2.75, 3.05) is 27.2 Å². The maximum absolute atomic E-state index is 12.1. The normalized spacial score (nSPS) is 27.7. The van der Waals surface area contributed by atoms with Gasteiger partial charge in [-0.3, -0.25) is 4.79 Å². The molecule has 0 saturated carbocycles. The summed E-state index contributed by atoms with van der Waals surface area (Å²) in [5.74, 6) is 0.122. The Kier molecular flexibility index (Phi) is 10.3. The Balaban J connectivity index is 2.64. The Morgan fingerprint density at radius 2 is 1.73 bits per heavy atom. The van der Waals surface area contributed by atoms with E-state index < -0.39 is 0 Å². The highest BCUT2D eigenvalue weighted by Gasteiger charge is 2.47. The fraction of sp³-hybridized carbons (Fsp3) is 0.950. The van der Waals surface area contributed by atoms with Crippen LogP contribution < -0.4 is 0 Å². The molecule has 1 fully saturated rings. The van der Waals surface area contributed by atoms with Crippen LogP contribution in [0.2, 0.25) is 0 Å². The quantitative estimate of drug-likeness (QED) is 0.524. The van der Waals surface area contributed by atoms with Gasteiger partial charge in [0.15, 0.2) is 5.78 Å². The Bertz CT molecular complexity index is 413. The molecule has 1 heterocycles.